The maximum atomic E-state index is 13.2. The van der Waals surface area contributed by atoms with E-state index in [1.807, 2.05) is 0 Å². The van der Waals surface area contributed by atoms with Gasteiger partial charge in [0.1, 0.15) is 6.04 Å². The van der Waals surface area contributed by atoms with Crippen molar-refractivity contribution in [1.82, 2.24) is 5.32 Å². The number of hydrogen-bond acceptors (Lipinski definition) is 2. The summed E-state index contributed by atoms with van der Waals surface area (Å²) in [5.74, 6) is -3.25. The lowest BCUT2D eigenvalue weighted by Crippen LogP contribution is -2.46. The van der Waals surface area contributed by atoms with Crippen molar-refractivity contribution in [3.63, 3.8) is 0 Å². The SMILES string of the molecule is NC(=O)[C@H](Cc1cccc(Cl)c1)NC(=O)Cc1ccc(F)c(F)c1. The number of primary amides is 1. The minimum atomic E-state index is -1.04. The molecule has 1 atom stereocenters. The predicted molar refractivity (Wildman–Crippen MR) is 86.3 cm³/mol. The summed E-state index contributed by atoms with van der Waals surface area (Å²) in [5, 5.41) is 3.00. The molecule has 0 fully saturated rings. The van der Waals surface area contributed by atoms with Crippen molar-refractivity contribution in [1.29, 1.82) is 0 Å². The van der Waals surface area contributed by atoms with Gasteiger partial charge in [0.2, 0.25) is 11.8 Å². The molecule has 0 saturated carbocycles. The fourth-order valence-corrected chi connectivity index (χ4v) is 2.42. The van der Waals surface area contributed by atoms with Crippen LogP contribution in [0.15, 0.2) is 42.5 Å². The summed E-state index contributed by atoms with van der Waals surface area (Å²) in [5.41, 5.74) is 6.34. The van der Waals surface area contributed by atoms with Gasteiger partial charge in [-0.05, 0) is 35.4 Å². The molecule has 0 aliphatic carbocycles. The molecule has 0 unspecified atom stereocenters. The zero-order valence-corrected chi connectivity index (χ0v) is 13.3. The van der Waals surface area contributed by atoms with E-state index < -0.39 is 29.5 Å². The molecule has 0 aliphatic heterocycles. The third kappa shape index (κ3) is 5.03. The van der Waals surface area contributed by atoms with Crippen molar-refractivity contribution in [2.24, 2.45) is 5.73 Å². The first-order chi connectivity index (χ1) is 11.3. The van der Waals surface area contributed by atoms with Crippen LogP contribution in [-0.4, -0.2) is 17.9 Å². The molecule has 2 rings (SSSR count). The summed E-state index contributed by atoms with van der Waals surface area (Å²) >= 11 is 5.88. The van der Waals surface area contributed by atoms with Crippen LogP contribution in [0.2, 0.25) is 5.02 Å². The number of carbonyl (C=O) groups excluding carboxylic acids is 2. The molecule has 2 aromatic carbocycles. The molecular formula is C17H15ClF2N2O2. The van der Waals surface area contributed by atoms with Crippen molar-refractivity contribution < 1.29 is 18.4 Å². The van der Waals surface area contributed by atoms with E-state index in [-0.39, 0.29) is 18.4 Å². The van der Waals surface area contributed by atoms with Gasteiger partial charge in [0.25, 0.3) is 0 Å². The lowest BCUT2D eigenvalue weighted by molar-refractivity contribution is -0.127. The highest BCUT2D eigenvalue weighted by atomic mass is 35.5. The highest BCUT2D eigenvalue weighted by Gasteiger charge is 2.19. The van der Waals surface area contributed by atoms with Gasteiger partial charge in [-0.1, -0.05) is 29.8 Å². The van der Waals surface area contributed by atoms with Gasteiger partial charge in [-0.2, -0.15) is 0 Å². The highest BCUT2D eigenvalue weighted by Crippen LogP contribution is 2.13. The van der Waals surface area contributed by atoms with Gasteiger partial charge < -0.3 is 11.1 Å². The van der Waals surface area contributed by atoms with Crippen LogP contribution in [0.3, 0.4) is 0 Å². The van der Waals surface area contributed by atoms with E-state index in [1.54, 1.807) is 24.3 Å². The monoisotopic (exact) mass is 352 g/mol. The Balaban J connectivity index is 2.02. The largest absolute Gasteiger partial charge is 0.368 e. The van der Waals surface area contributed by atoms with E-state index in [0.29, 0.717) is 5.02 Å². The molecule has 0 heterocycles. The highest BCUT2D eigenvalue weighted by molar-refractivity contribution is 6.30. The van der Waals surface area contributed by atoms with Crippen LogP contribution in [-0.2, 0) is 22.4 Å². The Labute approximate surface area is 142 Å². The average molecular weight is 353 g/mol. The lowest BCUT2D eigenvalue weighted by atomic mass is 10.0. The van der Waals surface area contributed by atoms with E-state index >= 15 is 0 Å². The average Bonchev–Trinajstić information content (AvgIpc) is 2.50. The Morgan fingerprint density at radius 2 is 1.83 bits per heavy atom. The molecule has 2 aromatic rings. The van der Waals surface area contributed by atoms with Crippen LogP contribution in [0.1, 0.15) is 11.1 Å². The molecule has 126 valence electrons. The number of halogens is 3. The summed E-state index contributed by atoms with van der Waals surface area (Å²) in [6.07, 6.45) is -0.0179. The van der Waals surface area contributed by atoms with Crippen LogP contribution in [0.25, 0.3) is 0 Å². The number of amides is 2. The standard InChI is InChI=1S/C17H15ClF2N2O2/c18-12-3-1-2-10(6-12)8-15(17(21)24)22-16(23)9-11-4-5-13(19)14(20)7-11/h1-7,15H,8-9H2,(H2,21,24)(H,22,23)/t15-/m0/s1. The second kappa shape index (κ2) is 7.88. The number of benzene rings is 2. The van der Waals surface area contributed by atoms with Gasteiger partial charge in [-0.25, -0.2) is 8.78 Å². The molecule has 0 aliphatic rings. The van der Waals surface area contributed by atoms with Crippen LogP contribution in [0.5, 0.6) is 0 Å². The summed E-state index contributed by atoms with van der Waals surface area (Å²) in [7, 11) is 0. The third-order valence-electron chi connectivity index (χ3n) is 3.36. The summed E-state index contributed by atoms with van der Waals surface area (Å²) in [4.78, 5) is 23.6. The molecular weight excluding hydrogens is 338 g/mol. The summed E-state index contributed by atoms with van der Waals surface area (Å²) in [6.45, 7) is 0. The van der Waals surface area contributed by atoms with Crippen LogP contribution < -0.4 is 11.1 Å². The van der Waals surface area contributed by atoms with Crippen molar-refractivity contribution in [2.45, 2.75) is 18.9 Å². The first-order valence-corrected chi connectivity index (χ1v) is 7.50. The van der Waals surface area contributed by atoms with E-state index in [2.05, 4.69) is 5.32 Å². The Hall–Kier alpha value is -2.47. The van der Waals surface area contributed by atoms with E-state index in [1.165, 1.54) is 6.07 Å². The van der Waals surface area contributed by atoms with Gasteiger partial charge >= 0.3 is 0 Å². The normalized spacial score (nSPS) is 11.8. The predicted octanol–water partition coefficient (Wildman–Crippen LogP) is 2.37. The molecule has 0 spiro atoms. The first-order valence-electron chi connectivity index (χ1n) is 7.12. The second-order valence-electron chi connectivity index (χ2n) is 5.28. The lowest BCUT2D eigenvalue weighted by Gasteiger charge is -2.16. The van der Waals surface area contributed by atoms with Gasteiger partial charge in [0.05, 0.1) is 6.42 Å². The second-order valence-corrected chi connectivity index (χ2v) is 5.72. The molecule has 0 bridgehead atoms. The van der Waals surface area contributed by atoms with Gasteiger partial charge in [0.15, 0.2) is 11.6 Å². The molecule has 0 radical (unpaired) electrons. The molecule has 0 aromatic heterocycles. The fraction of sp³-hybridized carbons (Fsp3) is 0.176. The van der Waals surface area contributed by atoms with Crippen molar-refractivity contribution in [2.75, 3.05) is 0 Å². The quantitative estimate of drug-likeness (QED) is 0.837. The minimum Gasteiger partial charge on any atom is -0.368 e. The Morgan fingerprint density at radius 1 is 1.08 bits per heavy atom. The topological polar surface area (TPSA) is 72.2 Å². The zero-order valence-electron chi connectivity index (χ0n) is 12.6. The zero-order chi connectivity index (χ0) is 17.7. The van der Waals surface area contributed by atoms with Crippen LogP contribution >= 0.6 is 11.6 Å². The summed E-state index contributed by atoms with van der Waals surface area (Å²) in [6, 6.07) is 9.07. The third-order valence-corrected chi connectivity index (χ3v) is 3.59. The summed E-state index contributed by atoms with van der Waals surface area (Å²) < 4.78 is 26.0. The van der Waals surface area contributed by atoms with Gasteiger partial charge in [0, 0.05) is 11.4 Å². The van der Waals surface area contributed by atoms with Gasteiger partial charge in [-0.15, -0.1) is 0 Å². The smallest absolute Gasteiger partial charge is 0.240 e. The molecule has 24 heavy (non-hydrogen) atoms. The van der Waals surface area contributed by atoms with Crippen LogP contribution in [0, 0.1) is 11.6 Å². The molecule has 3 N–H and O–H groups in total. The minimum absolute atomic E-state index is 0.180. The van der Waals surface area contributed by atoms with E-state index in [0.717, 1.165) is 17.7 Å². The van der Waals surface area contributed by atoms with E-state index in [4.69, 9.17) is 17.3 Å². The number of rotatable bonds is 6. The number of nitrogens with one attached hydrogen (secondary N) is 1. The van der Waals surface area contributed by atoms with Crippen molar-refractivity contribution >= 4 is 23.4 Å². The maximum absolute atomic E-state index is 13.2. The van der Waals surface area contributed by atoms with Crippen molar-refractivity contribution in [3.05, 3.63) is 70.2 Å². The molecule has 4 nitrogen and oxygen atoms in total. The van der Waals surface area contributed by atoms with Crippen molar-refractivity contribution in [3.8, 4) is 0 Å². The Bertz CT molecular complexity index is 768. The number of carbonyl (C=O) groups is 2. The Kier molecular flexibility index (Phi) is 5.87. The van der Waals surface area contributed by atoms with Crippen LogP contribution in [0.4, 0.5) is 8.78 Å². The molecule has 7 heteroatoms. The fourth-order valence-electron chi connectivity index (χ4n) is 2.20. The molecule has 0 saturated heterocycles. The number of hydrogen-bond donors (Lipinski definition) is 2. The first kappa shape index (κ1) is 17.9. The Morgan fingerprint density at radius 3 is 2.46 bits per heavy atom. The maximum Gasteiger partial charge on any atom is 0.240 e. The van der Waals surface area contributed by atoms with E-state index in [9.17, 15) is 18.4 Å². The number of nitrogens with two attached hydrogens (primary N) is 1. The molecule has 2 amide bonds. The van der Waals surface area contributed by atoms with Gasteiger partial charge in [-0.3, -0.25) is 9.59 Å².